The Kier molecular flexibility index (Phi) is 6.36. The van der Waals surface area contributed by atoms with E-state index in [1.165, 1.54) is 11.0 Å². The van der Waals surface area contributed by atoms with E-state index in [4.69, 9.17) is 5.11 Å². The van der Waals surface area contributed by atoms with Gasteiger partial charge in [-0.1, -0.05) is 6.92 Å². The lowest BCUT2D eigenvalue weighted by Crippen LogP contribution is -2.38. The van der Waals surface area contributed by atoms with Crippen LogP contribution in [0.1, 0.15) is 34.1 Å². The van der Waals surface area contributed by atoms with Crippen molar-refractivity contribution in [2.24, 2.45) is 0 Å². The fraction of sp³-hybridized carbons (Fsp3) is 0.429. The van der Waals surface area contributed by atoms with Crippen LogP contribution in [0.4, 0.5) is 5.69 Å². The first-order valence-electron chi connectivity index (χ1n) is 6.60. The zero-order chi connectivity index (χ0) is 16.9. The molecule has 8 heteroatoms. The molecule has 1 atom stereocenters. The maximum absolute atomic E-state index is 12.5. The van der Waals surface area contributed by atoms with E-state index in [1.807, 2.05) is 13.2 Å². The number of nitro benzene ring substituents is 1. The fourth-order valence-corrected chi connectivity index (χ4v) is 2.87. The predicted molar refractivity (Wildman–Crippen MR) is 84.6 cm³/mol. The molecule has 7 nitrogen and oxygen atoms in total. The van der Waals surface area contributed by atoms with E-state index in [9.17, 15) is 19.7 Å². The molecule has 1 unspecified atom stereocenters. The number of benzene rings is 1. The van der Waals surface area contributed by atoms with Crippen LogP contribution in [-0.4, -0.2) is 51.9 Å². The number of carboxylic acid groups (broad SMARTS) is 1. The van der Waals surface area contributed by atoms with Gasteiger partial charge >= 0.3 is 5.97 Å². The topological polar surface area (TPSA) is 101 Å². The number of thioether (sulfide) groups is 1. The molecule has 0 fully saturated rings. The number of carbonyl (C=O) groups excluding carboxylic acids is 1. The predicted octanol–water partition coefficient (Wildman–Crippen LogP) is 2.51. The Bertz CT molecular complexity index is 558. The maximum atomic E-state index is 12.5. The van der Waals surface area contributed by atoms with E-state index in [-0.39, 0.29) is 17.2 Å². The summed E-state index contributed by atoms with van der Waals surface area (Å²) in [5, 5.41) is 19.9. The Morgan fingerprint density at radius 1 is 1.36 bits per heavy atom. The highest BCUT2D eigenvalue weighted by molar-refractivity contribution is 7.98. The van der Waals surface area contributed by atoms with Crippen molar-refractivity contribution in [3.63, 3.8) is 0 Å². The Morgan fingerprint density at radius 2 is 1.95 bits per heavy atom. The summed E-state index contributed by atoms with van der Waals surface area (Å²) < 4.78 is 0. The summed E-state index contributed by atoms with van der Waals surface area (Å²) in [6, 6.07) is 3.20. The van der Waals surface area contributed by atoms with Crippen LogP contribution in [-0.2, 0) is 0 Å². The van der Waals surface area contributed by atoms with E-state index in [0.29, 0.717) is 0 Å². The molecule has 0 aliphatic rings. The first kappa shape index (κ1) is 18.0. The highest BCUT2D eigenvalue weighted by atomic mass is 32.2. The molecule has 1 amide bonds. The van der Waals surface area contributed by atoms with E-state index >= 15 is 0 Å². The number of carboxylic acids is 1. The second-order valence-corrected chi connectivity index (χ2v) is 5.67. The third kappa shape index (κ3) is 4.20. The fourth-order valence-electron chi connectivity index (χ4n) is 2.03. The lowest BCUT2D eigenvalue weighted by molar-refractivity contribution is -0.384. The molecule has 0 radical (unpaired) electrons. The molecule has 0 aliphatic carbocycles. The van der Waals surface area contributed by atoms with Crippen LogP contribution in [0.2, 0.25) is 0 Å². The Labute approximate surface area is 132 Å². The first-order valence-corrected chi connectivity index (χ1v) is 8.00. The normalized spacial score (nSPS) is 11.8. The molecule has 0 aromatic heterocycles. The van der Waals surface area contributed by atoms with Crippen LogP contribution in [0.3, 0.4) is 0 Å². The van der Waals surface area contributed by atoms with Gasteiger partial charge in [0, 0.05) is 36.5 Å². The Morgan fingerprint density at radius 3 is 2.41 bits per heavy atom. The molecule has 0 bridgehead atoms. The van der Waals surface area contributed by atoms with Crippen molar-refractivity contribution in [1.29, 1.82) is 0 Å². The smallest absolute Gasteiger partial charge is 0.335 e. The molecule has 1 aromatic carbocycles. The minimum atomic E-state index is -1.31. The summed E-state index contributed by atoms with van der Waals surface area (Å²) in [5.41, 5.74) is -0.674. The number of nitrogens with zero attached hydrogens (tertiary/aromatic N) is 2. The van der Waals surface area contributed by atoms with Gasteiger partial charge in [0.1, 0.15) is 0 Å². The van der Waals surface area contributed by atoms with E-state index in [0.717, 1.165) is 24.3 Å². The van der Waals surface area contributed by atoms with E-state index < -0.39 is 22.5 Å². The van der Waals surface area contributed by atoms with Crippen molar-refractivity contribution < 1.29 is 19.6 Å². The van der Waals surface area contributed by atoms with Crippen molar-refractivity contribution >= 4 is 29.3 Å². The molecule has 0 aliphatic heterocycles. The molecule has 1 aromatic rings. The highest BCUT2D eigenvalue weighted by Gasteiger charge is 2.23. The molecule has 22 heavy (non-hydrogen) atoms. The van der Waals surface area contributed by atoms with Crippen LogP contribution in [0, 0.1) is 10.1 Å². The number of aromatic carboxylic acids is 1. The van der Waals surface area contributed by atoms with Gasteiger partial charge in [-0.15, -0.1) is 0 Å². The number of hydrogen-bond acceptors (Lipinski definition) is 5. The van der Waals surface area contributed by atoms with E-state index in [1.54, 1.807) is 18.8 Å². The average Bonchev–Trinajstić information content (AvgIpc) is 2.50. The Balaban J connectivity index is 3.21. The molecule has 0 heterocycles. The summed E-state index contributed by atoms with van der Waals surface area (Å²) in [5.74, 6) is -0.997. The van der Waals surface area contributed by atoms with Gasteiger partial charge in [0.05, 0.1) is 10.5 Å². The highest BCUT2D eigenvalue weighted by Crippen LogP contribution is 2.20. The van der Waals surface area contributed by atoms with Crippen LogP contribution in [0.25, 0.3) is 0 Å². The molecular weight excluding hydrogens is 308 g/mol. The summed E-state index contributed by atoms with van der Waals surface area (Å²) >= 11 is 1.60. The third-order valence-electron chi connectivity index (χ3n) is 3.32. The molecular formula is C14H18N2O5S. The van der Waals surface area contributed by atoms with Gasteiger partial charge in [-0.25, -0.2) is 4.79 Å². The number of non-ortho nitro benzene ring substituents is 1. The molecule has 1 rings (SSSR count). The van der Waals surface area contributed by atoms with Crippen LogP contribution in [0.15, 0.2) is 18.2 Å². The van der Waals surface area contributed by atoms with Gasteiger partial charge in [-0.3, -0.25) is 14.9 Å². The standard InChI is InChI=1S/C14H18N2O5S/c1-4-11(8-22-3)15(2)13(17)9-5-10(14(18)19)7-12(6-9)16(20)21/h5-7,11H,4,8H2,1-3H3,(H,18,19). The van der Waals surface area contributed by atoms with Gasteiger partial charge in [0.2, 0.25) is 0 Å². The molecule has 0 saturated heterocycles. The van der Waals surface area contributed by atoms with Crippen LogP contribution in [0.5, 0.6) is 0 Å². The number of carbonyl (C=O) groups is 2. The van der Waals surface area contributed by atoms with Crippen LogP contribution >= 0.6 is 11.8 Å². The second kappa shape index (κ2) is 7.79. The molecule has 0 saturated carbocycles. The number of nitro groups is 1. The van der Waals surface area contributed by atoms with Crippen LogP contribution < -0.4 is 0 Å². The molecule has 0 spiro atoms. The summed E-state index contributed by atoms with van der Waals surface area (Å²) in [4.78, 5) is 35.2. The van der Waals surface area contributed by atoms with Crippen molar-refractivity contribution in [3.8, 4) is 0 Å². The zero-order valence-corrected chi connectivity index (χ0v) is 13.4. The minimum Gasteiger partial charge on any atom is -0.478 e. The monoisotopic (exact) mass is 326 g/mol. The summed E-state index contributed by atoms with van der Waals surface area (Å²) in [6.07, 6.45) is 2.67. The summed E-state index contributed by atoms with van der Waals surface area (Å²) in [6.45, 7) is 1.95. The lowest BCUT2D eigenvalue weighted by atomic mass is 10.1. The number of amides is 1. The van der Waals surface area contributed by atoms with Gasteiger partial charge in [0.15, 0.2) is 0 Å². The lowest BCUT2D eigenvalue weighted by Gasteiger charge is -2.26. The minimum absolute atomic E-state index is 0.00801. The van der Waals surface area contributed by atoms with Crippen molar-refractivity contribution in [2.75, 3.05) is 19.1 Å². The molecule has 1 N–H and O–H groups in total. The van der Waals surface area contributed by atoms with Gasteiger partial charge < -0.3 is 10.0 Å². The molecule has 120 valence electrons. The quantitative estimate of drug-likeness (QED) is 0.610. The van der Waals surface area contributed by atoms with Gasteiger partial charge in [-0.05, 0) is 18.7 Å². The SMILES string of the molecule is CCC(CSC)N(C)C(=O)c1cc(C(=O)O)cc([N+](=O)[O-])c1. The number of hydrogen-bond donors (Lipinski definition) is 1. The van der Waals surface area contributed by atoms with E-state index in [2.05, 4.69) is 0 Å². The first-order chi connectivity index (χ1) is 10.3. The van der Waals surface area contributed by atoms with Crippen molar-refractivity contribution in [3.05, 3.63) is 39.4 Å². The van der Waals surface area contributed by atoms with Gasteiger partial charge in [0.25, 0.3) is 11.6 Å². The largest absolute Gasteiger partial charge is 0.478 e. The average molecular weight is 326 g/mol. The van der Waals surface area contributed by atoms with Crippen molar-refractivity contribution in [2.45, 2.75) is 19.4 Å². The van der Waals surface area contributed by atoms with Crippen molar-refractivity contribution in [1.82, 2.24) is 4.90 Å². The second-order valence-electron chi connectivity index (χ2n) is 4.76. The third-order valence-corrected chi connectivity index (χ3v) is 4.04. The summed E-state index contributed by atoms with van der Waals surface area (Å²) in [7, 11) is 1.62. The zero-order valence-electron chi connectivity index (χ0n) is 12.6. The number of rotatable bonds is 7. The maximum Gasteiger partial charge on any atom is 0.335 e. The van der Waals surface area contributed by atoms with Gasteiger partial charge in [-0.2, -0.15) is 11.8 Å². The Hall–Kier alpha value is -2.09.